The standard InChI is InChI=1S/C14H20FN3O/c15-13-5-4-11(6-12(13)9-19)8-18-14(16)17-7-10-2-1-3-10/h4-6,10,19H,1-3,7-9H2,(H3,16,17,18). The summed E-state index contributed by atoms with van der Waals surface area (Å²) in [5.41, 5.74) is 6.88. The zero-order chi connectivity index (χ0) is 13.7. The quantitative estimate of drug-likeness (QED) is 0.558. The van der Waals surface area contributed by atoms with Crippen LogP contribution in [0.3, 0.4) is 0 Å². The monoisotopic (exact) mass is 265 g/mol. The highest BCUT2D eigenvalue weighted by atomic mass is 19.1. The van der Waals surface area contributed by atoms with Crippen molar-refractivity contribution in [3.63, 3.8) is 0 Å². The molecule has 1 aliphatic rings. The first-order valence-corrected chi connectivity index (χ1v) is 6.61. The number of benzene rings is 1. The van der Waals surface area contributed by atoms with E-state index >= 15 is 0 Å². The van der Waals surface area contributed by atoms with Gasteiger partial charge in [0.15, 0.2) is 5.96 Å². The molecule has 0 amide bonds. The van der Waals surface area contributed by atoms with Crippen LogP contribution in [0.5, 0.6) is 0 Å². The fourth-order valence-electron chi connectivity index (χ4n) is 2.03. The van der Waals surface area contributed by atoms with E-state index in [4.69, 9.17) is 10.8 Å². The molecular weight excluding hydrogens is 245 g/mol. The van der Waals surface area contributed by atoms with Crippen molar-refractivity contribution in [1.82, 2.24) is 5.32 Å². The Morgan fingerprint density at radius 1 is 1.47 bits per heavy atom. The lowest BCUT2D eigenvalue weighted by molar-refractivity contribution is 0.275. The number of aliphatic hydroxyl groups is 1. The SMILES string of the molecule is NC(=NCc1ccc(F)c(CO)c1)NCC1CCC1. The molecule has 0 bridgehead atoms. The van der Waals surface area contributed by atoms with Gasteiger partial charge in [-0.05, 0) is 36.5 Å². The molecule has 1 saturated carbocycles. The number of hydrogen-bond acceptors (Lipinski definition) is 2. The number of aliphatic hydroxyl groups excluding tert-OH is 1. The molecule has 19 heavy (non-hydrogen) atoms. The van der Waals surface area contributed by atoms with Gasteiger partial charge in [0.25, 0.3) is 0 Å². The van der Waals surface area contributed by atoms with Crippen LogP contribution in [0.25, 0.3) is 0 Å². The molecule has 0 aromatic heterocycles. The fraction of sp³-hybridized carbons (Fsp3) is 0.500. The van der Waals surface area contributed by atoms with E-state index in [-0.39, 0.29) is 12.2 Å². The van der Waals surface area contributed by atoms with E-state index in [2.05, 4.69) is 10.3 Å². The molecule has 1 aromatic carbocycles. The molecule has 5 heteroatoms. The zero-order valence-electron chi connectivity index (χ0n) is 10.9. The average molecular weight is 265 g/mol. The maximum atomic E-state index is 13.2. The van der Waals surface area contributed by atoms with Gasteiger partial charge >= 0.3 is 0 Å². The van der Waals surface area contributed by atoms with Crippen molar-refractivity contribution in [3.8, 4) is 0 Å². The van der Waals surface area contributed by atoms with E-state index in [1.165, 1.54) is 25.3 Å². The summed E-state index contributed by atoms with van der Waals surface area (Å²) in [5, 5.41) is 12.1. The molecule has 0 heterocycles. The molecule has 0 unspecified atom stereocenters. The Morgan fingerprint density at radius 2 is 2.26 bits per heavy atom. The summed E-state index contributed by atoms with van der Waals surface area (Å²) in [4.78, 5) is 4.21. The number of nitrogens with one attached hydrogen (secondary N) is 1. The Bertz CT molecular complexity index is 458. The van der Waals surface area contributed by atoms with E-state index in [0.29, 0.717) is 12.5 Å². The third kappa shape index (κ3) is 3.92. The topological polar surface area (TPSA) is 70.6 Å². The second-order valence-electron chi connectivity index (χ2n) is 4.96. The third-order valence-electron chi connectivity index (χ3n) is 3.51. The van der Waals surface area contributed by atoms with Crippen molar-refractivity contribution in [2.75, 3.05) is 6.54 Å². The molecule has 1 aliphatic carbocycles. The molecule has 1 aromatic rings. The van der Waals surface area contributed by atoms with E-state index in [9.17, 15) is 4.39 Å². The Balaban J connectivity index is 1.85. The predicted molar refractivity (Wildman–Crippen MR) is 73.0 cm³/mol. The molecule has 1 fully saturated rings. The van der Waals surface area contributed by atoms with E-state index < -0.39 is 5.82 Å². The molecule has 104 valence electrons. The van der Waals surface area contributed by atoms with Crippen LogP contribution in [0.1, 0.15) is 30.4 Å². The van der Waals surface area contributed by atoms with Gasteiger partial charge in [0.1, 0.15) is 5.82 Å². The van der Waals surface area contributed by atoms with Crippen molar-refractivity contribution in [2.45, 2.75) is 32.4 Å². The van der Waals surface area contributed by atoms with Crippen LogP contribution in [-0.4, -0.2) is 17.6 Å². The summed E-state index contributed by atoms with van der Waals surface area (Å²) < 4.78 is 13.2. The van der Waals surface area contributed by atoms with Gasteiger partial charge in [0, 0.05) is 12.1 Å². The van der Waals surface area contributed by atoms with Gasteiger partial charge in [0.05, 0.1) is 13.2 Å². The number of nitrogens with zero attached hydrogens (tertiary/aromatic N) is 1. The van der Waals surface area contributed by atoms with Crippen LogP contribution in [0.4, 0.5) is 4.39 Å². The maximum absolute atomic E-state index is 13.2. The molecular formula is C14H20FN3O. The van der Waals surface area contributed by atoms with Crippen molar-refractivity contribution < 1.29 is 9.50 Å². The third-order valence-corrected chi connectivity index (χ3v) is 3.51. The van der Waals surface area contributed by atoms with Gasteiger partial charge in [-0.1, -0.05) is 12.5 Å². The Morgan fingerprint density at radius 3 is 2.89 bits per heavy atom. The molecule has 0 saturated heterocycles. The molecule has 0 aliphatic heterocycles. The van der Waals surface area contributed by atoms with Gasteiger partial charge in [-0.15, -0.1) is 0 Å². The molecule has 4 N–H and O–H groups in total. The minimum absolute atomic E-state index is 0.286. The minimum atomic E-state index is -0.397. The van der Waals surface area contributed by atoms with Crippen LogP contribution in [0, 0.1) is 11.7 Å². The van der Waals surface area contributed by atoms with Crippen molar-refractivity contribution in [3.05, 3.63) is 35.1 Å². The van der Waals surface area contributed by atoms with Crippen LogP contribution >= 0.6 is 0 Å². The summed E-state index contributed by atoms with van der Waals surface area (Å²) in [6, 6.07) is 4.60. The smallest absolute Gasteiger partial charge is 0.188 e. The molecule has 2 rings (SSSR count). The maximum Gasteiger partial charge on any atom is 0.188 e. The van der Waals surface area contributed by atoms with Crippen LogP contribution in [0.2, 0.25) is 0 Å². The summed E-state index contributed by atoms with van der Waals surface area (Å²) in [7, 11) is 0. The summed E-state index contributed by atoms with van der Waals surface area (Å²) in [6.07, 6.45) is 3.83. The van der Waals surface area contributed by atoms with Crippen molar-refractivity contribution in [2.24, 2.45) is 16.6 Å². The summed E-state index contributed by atoms with van der Waals surface area (Å²) in [5.74, 6) is 0.744. The van der Waals surface area contributed by atoms with E-state index in [0.717, 1.165) is 18.0 Å². The van der Waals surface area contributed by atoms with Crippen LogP contribution in [0.15, 0.2) is 23.2 Å². The Labute approximate surface area is 112 Å². The number of guanidine groups is 1. The first kappa shape index (κ1) is 13.8. The van der Waals surface area contributed by atoms with Gasteiger partial charge in [-0.3, -0.25) is 0 Å². The number of hydrogen-bond donors (Lipinski definition) is 3. The van der Waals surface area contributed by atoms with Gasteiger partial charge in [0.2, 0.25) is 0 Å². The average Bonchev–Trinajstić information content (AvgIpc) is 2.36. The van der Waals surface area contributed by atoms with Gasteiger partial charge < -0.3 is 16.2 Å². The van der Waals surface area contributed by atoms with E-state index in [1.807, 2.05) is 0 Å². The summed E-state index contributed by atoms with van der Waals surface area (Å²) in [6.45, 7) is 0.955. The van der Waals surface area contributed by atoms with Crippen molar-refractivity contribution in [1.29, 1.82) is 0 Å². The number of nitrogens with two attached hydrogens (primary N) is 1. The van der Waals surface area contributed by atoms with Crippen molar-refractivity contribution >= 4 is 5.96 Å². The summed E-state index contributed by atoms with van der Waals surface area (Å²) >= 11 is 0. The number of aliphatic imine (C=N–C) groups is 1. The Kier molecular flexibility index (Phi) is 4.74. The highest BCUT2D eigenvalue weighted by Crippen LogP contribution is 2.24. The van der Waals surface area contributed by atoms with Crippen LogP contribution in [-0.2, 0) is 13.2 Å². The van der Waals surface area contributed by atoms with Gasteiger partial charge in [-0.25, -0.2) is 9.38 Å². The zero-order valence-corrected chi connectivity index (χ0v) is 10.9. The normalized spacial score (nSPS) is 16.2. The second kappa shape index (κ2) is 6.52. The minimum Gasteiger partial charge on any atom is -0.392 e. The molecule has 0 spiro atoms. The first-order chi connectivity index (χ1) is 9.19. The lowest BCUT2D eigenvalue weighted by atomic mass is 9.85. The first-order valence-electron chi connectivity index (χ1n) is 6.61. The predicted octanol–water partition coefficient (Wildman–Crippen LogP) is 1.52. The van der Waals surface area contributed by atoms with Gasteiger partial charge in [-0.2, -0.15) is 0 Å². The molecule has 0 atom stereocenters. The highest BCUT2D eigenvalue weighted by Gasteiger charge is 2.16. The Hall–Kier alpha value is -1.62. The van der Waals surface area contributed by atoms with E-state index in [1.54, 1.807) is 12.1 Å². The van der Waals surface area contributed by atoms with Crippen LogP contribution < -0.4 is 11.1 Å². The largest absolute Gasteiger partial charge is 0.392 e. The lowest BCUT2D eigenvalue weighted by Crippen LogP contribution is -2.37. The lowest BCUT2D eigenvalue weighted by Gasteiger charge is -2.25. The molecule has 0 radical (unpaired) electrons. The molecule has 4 nitrogen and oxygen atoms in total. The second-order valence-corrected chi connectivity index (χ2v) is 4.96. The highest BCUT2D eigenvalue weighted by molar-refractivity contribution is 5.77. The fourth-order valence-corrected chi connectivity index (χ4v) is 2.03. The number of halogens is 1. The number of rotatable bonds is 5.